The molecule has 20 heavy (non-hydrogen) atoms. The molecule has 1 aromatic carbocycles. The van der Waals surface area contributed by atoms with Crippen LogP contribution in [-0.2, 0) is 0 Å². The van der Waals surface area contributed by atoms with E-state index in [1.807, 2.05) is 0 Å². The van der Waals surface area contributed by atoms with Gasteiger partial charge in [-0.1, -0.05) is 57.5 Å². The molecule has 1 saturated carbocycles. The van der Waals surface area contributed by atoms with Crippen LogP contribution in [0.3, 0.4) is 0 Å². The second-order valence-corrected chi connectivity index (χ2v) is 6.89. The Bertz CT molecular complexity index is 363. The van der Waals surface area contributed by atoms with Crippen molar-refractivity contribution in [1.29, 1.82) is 0 Å². The lowest BCUT2D eigenvalue weighted by molar-refractivity contribution is 0.259. The van der Waals surface area contributed by atoms with Crippen LogP contribution in [0.1, 0.15) is 70.9 Å². The van der Waals surface area contributed by atoms with Gasteiger partial charge in [-0.2, -0.15) is 0 Å². The standard InChI is InChI=1S/C19H31N/c1-4-16-10-12-18(13-11-16)20-19(14-15(2)3)17-8-6-5-7-9-17/h5-9,15-16,18-20H,4,10-14H2,1-3H3. The van der Waals surface area contributed by atoms with Gasteiger partial charge >= 0.3 is 0 Å². The maximum absolute atomic E-state index is 3.95. The van der Waals surface area contributed by atoms with Crippen molar-refractivity contribution >= 4 is 0 Å². The van der Waals surface area contributed by atoms with E-state index in [0.717, 1.165) is 17.9 Å². The molecule has 1 aromatic rings. The molecule has 2 rings (SSSR count). The van der Waals surface area contributed by atoms with Crippen LogP contribution in [0.25, 0.3) is 0 Å². The Labute approximate surface area is 125 Å². The summed E-state index contributed by atoms with van der Waals surface area (Å²) >= 11 is 0. The highest BCUT2D eigenvalue weighted by Gasteiger charge is 2.23. The third-order valence-electron chi connectivity index (χ3n) is 4.77. The molecule has 0 heterocycles. The van der Waals surface area contributed by atoms with E-state index in [2.05, 4.69) is 56.4 Å². The molecular weight excluding hydrogens is 242 g/mol. The monoisotopic (exact) mass is 273 g/mol. The number of hydrogen-bond acceptors (Lipinski definition) is 1. The van der Waals surface area contributed by atoms with Crippen molar-refractivity contribution in [2.45, 2.75) is 71.4 Å². The van der Waals surface area contributed by atoms with Crippen LogP contribution < -0.4 is 5.32 Å². The average molecular weight is 273 g/mol. The SMILES string of the molecule is CCC1CCC(NC(CC(C)C)c2ccccc2)CC1. The van der Waals surface area contributed by atoms with Gasteiger partial charge in [0.2, 0.25) is 0 Å². The zero-order chi connectivity index (χ0) is 14.4. The van der Waals surface area contributed by atoms with Crippen LogP contribution in [0.4, 0.5) is 0 Å². The zero-order valence-electron chi connectivity index (χ0n) is 13.4. The summed E-state index contributed by atoms with van der Waals surface area (Å²) < 4.78 is 0. The van der Waals surface area contributed by atoms with E-state index in [9.17, 15) is 0 Å². The third kappa shape index (κ3) is 4.63. The first-order valence-electron chi connectivity index (χ1n) is 8.50. The third-order valence-corrected chi connectivity index (χ3v) is 4.77. The number of rotatable bonds is 6. The first-order chi connectivity index (χ1) is 9.69. The minimum absolute atomic E-state index is 0.527. The topological polar surface area (TPSA) is 12.0 Å². The van der Waals surface area contributed by atoms with E-state index in [4.69, 9.17) is 0 Å². The highest BCUT2D eigenvalue weighted by Crippen LogP contribution is 2.29. The Morgan fingerprint density at radius 1 is 1.05 bits per heavy atom. The highest BCUT2D eigenvalue weighted by molar-refractivity contribution is 5.19. The second kappa shape index (κ2) is 7.83. The van der Waals surface area contributed by atoms with Gasteiger partial charge in [0.05, 0.1) is 0 Å². The van der Waals surface area contributed by atoms with Crippen molar-refractivity contribution in [3.8, 4) is 0 Å². The molecule has 0 saturated heterocycles. The van der Waals surface area contributed by atoms with Crippen LogP contribution in [-0.4, -0.2) is 6.04 Å². The minimum Gasteiger partial charge on any atom is -0.307 e. The molecule has 1 atom stereocenters. The van der Waals surface area contributed by atoms with Crippen molar-refractivity contribution in [1.82, 2.24) is 5.32 Å². The van der Waals surface area contributed by atoms with Crippen LogP contribution in [0.15, 0.2) is 30.3 Å². The smallest absolute Gasteiger partial charge is 0.0325 e. The first kappa shape index (κ1) is 15.6. The van der Waals surface area contributed by atoms with Gasteiger partial charge in [0.15, 0.2) is 0 Å². The molecule has 0 aromatic heterocycles. The van der Waals surface area contributed by atoms with Gasteiger partial charge < -0.3 is 5.32 Å². The maximum atomic E-state index is 3.95. The van der Waals surface area contributed by atoms with Crippen LogP contribution >= 0.6 is 0 Å². The molecule has 0 amide bonds. The van der Waals surface area contributed by atoms with Crippen LogP contribution in [0.5, 0.6) is 0 Å². The summed E-state index contributed by atoms with van der Waals surface area (Å²) in [6.07, 6.45) is 8.15. The molecule has 0 spiro atoms. The summed E-state index contributed by atoms with van der Waals surface area (Å²) in [6.45, 7) is 6.99. The molecule has 1 nitrogen and oxygen atoms in total. The van der Waals surface area contributed by atoms with Crippen molar-refractivity contribution in [3.05, 3.63) is 35.9 Å². The normalized spacial score (nSPS) is 24.8. The fourth-order valence-electron chi connectivity index (χ4n) is 3.48. The van der Waals surface area contributed by atoms with Gasteiger partial charge in [0, 0.05) is 12.1 Å². The van der Waals surface area contributed by atoms with Gasteiger partial charge in [-0.05, 0) is 49.5 Å². The van der Waals surface area contributed by atoms with Gasteiger partial charge in [-0.15, -0.1) is 0 Å². The zero-order valence-corrected chi connectivity index (χ0v) is 13.4. The molecule has 0 aliphatic heterocycles. The quantitative estimate of drug-likeness (QED) is 0.738. The molecule has 0 bridgehead atoms. The van der Waals surface area contributed by atoms with Crippen LogP contribution in [0.2, 0.25) is 0 Å². The number of nitrogens with one attached hydrogen (secondary N) is 1. The van der Waals surface area contributed by atoms with Crippen molar-refractivity contribution in [2.75, 3.05) is 0 Å². The van der Waals surface area contributed by atoms with E-state index in [1.165, 1.54) is 44.1 Å². The van der Waals surface area contributed by atoms with Gasteiger partial charge in [-0.3, -0.25) is 0 Å². The summed E-state index contributed by atoms with van der Waals surface area (Å²) in [4.78, 5) is 0. The number of benzene rings is 1. The first-order valence-corrected chi connectivity index (χ1v) is 8.50. The van der Waals surface area contributed by atoms with E-state index in [1.54, 1.807) is 0 Å². The second-order valence-electron chi connectivity index (χ2n) is 6.89. The fraction of sp³-hybridized carbons (Fsp3) is 0.684. The van der Waals surface area contributed by atoms with Gasteiger partial charge in [-0.25, -0.2) is 0 Å². The lowest BCUT2D eigenvalue weighted by Crippen LogP contribution is -2.36. The lowest BCUT2D eigenvalue weighted by atomic mass is 9.83. The summed E-state index contributed by atoms with van der Waals surface area (Å²) in [5.41, 5.74) is 1.46. The summed E-state index contributed by atoms with van der Waals surface area (Å²) in [5.74, 6) is 1.72. The number of hydrogen-bond donors (Lipinski definition) is 1. The van der Waals surface area contributed by atoms with E-state index < -0.39 is 0 Å². The molecule has 0 radical (unpaired) electrons. The maximum Gasteiger partial charge on any atom is 0.0325 e. The van der Waals surface area contributed by atoms with Crippen LogP contribution in [0, 0.1) is 11.8 Å². The average Bonchev–Trinajstić information content (AvgIpc) is 2.48. The summed E-state index contributed by atoms with van der Waals surface area (Å²) in [7, 11) is 0. The Morgan fingerprint density at radius 3 is 2.25 bits per heavy atom. The van der Waals surface area contributed by atoms with E-state index >= 15 is 0 Å². The van der Waals surface area contributed by atoms with E-state index in [0.29, 0.717) is 6.04 Å². The molecule has 1 heteroatoms. The molecule has 1 unspecified atom stereocenters. The Kier molecular flexibility index (Phi) is 6.09. The molecule has 1 aliphatic rings. The Morgan fingerprint density at radius 2 is 1.70 bits per heavy atom. The fourth-order valence-corrected chi connectivity index (χ4v) is 3.48. The van der Waals surface area contributed by atoms with Gasteiger partial charge in [0.1, 0.15) is 0 Å². The lowest BCUT2D eigenvalue weighted by Gasteiger charge is -2.32. The van der Waals surface area contributed by atoms with Crippen molar-refractivity contribution in [3.63, 3.8) is 0 Å². The largest absolute Gasteiger partial charge is 0.307 e. The molecule has 1 N–H and O–H groups in total. The molecule has 1 aliphatic carbocycles. The molecule has 1 fully saturated rings. The van der Waals surface area contributed by atoms with E-state index in [-0.39, 0.29) is 0 Å². The predicted molar refractivity (Wildman–Crippen MR) is 87.8 cm³/mol. The predicted octanol–water partition coefficient (Wildman–Crippen LogP) is 5.33. The molecule has 112 valence electrons. The van der Waals surface area contributed by atoms with Crippen molar-refractivity contribution in [2.24, 2.45) is 11.8 Å². The Hall–Kier alpha value is -0.820. The Balaban J connectivity index is 1.95. The molecular formula is C19H31N. The summed E-state index contributed by atoms with van der Waals surface area (Å²) in [5, 5.41) is 3.95. The summed E-state index contributed by atoms with van der Waals surface area (Å²) in [6, 6.07) is 12.2. The van der Waals surface area contributed by atoms with Gasteiger partial charge in [0.25, 0.3) is 0 Å². The minimum atomic E-state index is 0.527. The van der Waals surface area contributed by atoms with Crippen molar-refractivity contribution < 1.29 is 0 Å². The highest BCUT2D eigenvalue weighted by atomic mass is 15.0.